The van der Waals surface area contributed by atoms with Gasteiger partial charge in [-0.3, -0.25) is 0 Å². The number of aryl methyl sites for hydroxylation is 1. The molecule has 1 nitrogen and oxygen atoms in total. The first-order valence-electron chi connectivity index (χ1n) is 6.43. The molecule has 0 radical (unpaired) electrons. The summed E-state index contributed by atoms with van der Waals surface area (Å²) in [5, 5.41) is 3.30. The van der Waals surface area contributed by atoms with Crippen molar-refractivity contribution in [3.63, 3.8) is 0 Å². The van der Waals surface area contributed by atoms with E-state index in [0.29, 0.717) is 12.0 Å². The molecule has 1 N–H and O–H groups in total. The van der Waals surface area contributed by atoms with Crippen LogP contribution in [0, 0.1) is 0 Å². The molecule has 0 aromatic heterocycles. The summed E-state index contributed by atoms with van der Waals surface area (Å²) in [5.41, 5.74) is 2.92. The fraction of sp³-hybridized carbons (Fsp3) is 0.600. The molecule has 1 aromatic carbocycles. The van der Waals surface area contributed by atoms with Gasteiger partial charge in [-0.25, -0.2) is 0 Å². The Hall–Kier alpha value is -0.820. The molecule has 0 saturated heterocycles. The normalized spacial score (nSPS) is 14.8. The van der Waals surface area contributed by atoms with Gasteiger partial charge in [0.05, 0.1) is 0 Å². The Morgan fingerprint density at radius 1 is 1.12 bits per heavy atom. The Balaban J connectivity index is 2.59. The lowest BCUT2D eigenvalue weighted by Gasteiger charge is -2.17. The number of hydrogen-bond acceptors (Lipinski definition) is 1. The van der Waals surface area contributed by atoms with E-state index in [9.17, 15) is 0 Å². The highest BCUT2D eigenvalue weighted by Crippen LogP contribution is 2.21. The number of rotatable bonds is 6. The Labute approximate surface area is 100 Å². The highest BCUT2D eigenvalue weighted by molar-refractivity contribution is 5.25. The molecule has 0 aliphatic heterocycles. The average Bonchev–Trinajstić information content (AvgIpc) is 2.30. The molecule has 0 saturated carbocycles. The SMILES string of the molecule is CCCc1ccc(C(C)CC(C)NC)cc1. The smallest absolute Gasteiger partial charge is 0.00414 e. The zero-order chi connectivity index (χ0) is 12.0. The summed E-state index contributed by atoms with van der Waals surface area (Å²) in [6.45, 7) is 6.77. The van der Waals surface area contributed by atoms with Gasteiger partial charge in [-0.05, 0) is 43.9 Å². The van der Waals surface area contributed by atoms with Gasteiger partial charge in [-0.2, -0.15) is 0 Å². The predicted molar refractivity (Wildman–Crippen MR) is 72.0 cm³/mol. The van der Waals surface area contributed by atoms with Crippen molar-refractivity contribution in [2.45, 2.75) is 52.0 Å². The van der Waals surface area contributed by atoms with Gasteiger partial charge in [0.25, 0.3) is 0 Å². The standard InChI is InChI=1S/C15H25N/c1-5-6-14-7-9-15(10-8-14)12(2)11-13(3)16-4/h7-10,12-13,16H,5-6,11H2,1-4H3. The summed E-state index contributed by atoms with van der Waals surface area (Å²) in [6, 6.07) is 9.72. The minimum absolute atomic E-state index is 0.588. The molecule has 1 rings (SSSR count). The van der Waals surface area contributed by atoms with Crippen molar-refractivity contribution >= 4 is 0 Å². The fourth-order valence-electron chi connectivity index (χ4n) is 2.09. The van der Waals surface area contributed by atoms with Crippen molar-refractivity contribution in [2.75, 3.05) is 7.05 Å². The number of benzene rings is 1. The van der Waals surface area contributed by atoms with E-state index in [0.717, 1.165) is 0 Å². The lowest BCUT2D eigenvalue weighted by Crippen LogP contribution is -2.22. The zero-order valence-corrected chi connectivity index (χ0v) is 11.1. The van der Waals surface area contributed by atoms with Crippen LogP contribution in [0.1, 0.15) is 50.7 Å². The van der Waals surface area contributed by atoms with Crippen LogP contribution in [-0.4, -0.2) is 13.1 Å². The first-order chi connectivity index (χ1) is 7.67. The van der Waals surface area contributed by atoms with Gasteiger partial charge in [0.15, 0.2) is 0 Å². The van der Waals surface area contributed by atoms with Crippen molar-refractivity contribution in [3.8, 4) is 0 Å². The average molecular weight is 219 g/mol. The molecule has 0 bridgehead atoms. The molecule has 0 aliphatic rings. The molecule has 0 aliphatic carbocycles. The second-order valence-corrected chi connectivity index (χ2v) is 4.82. The molecule has 0 heterocycles. The van der Waals surface area contributed by atoms with Crippen molar-refractivity contribution in [3.05, 3.63) is 35.4 Å². The molecular formula is C15H25N. The molecule has 2 atom stereocenters. The third-order valence-corrected chi connectivity index (χ3v) is 3.29. The first-order valence-corrected chi connectivity index (χ1v) is 6.43. The maximum Gasteiger partial charge on any atom is 0.00414 e. The van der Waals surface area contributed by atoms with Crippen molar-refractivity contribution < 1.29 is 0 Å². The molecule has 90 valence electrons. The van der Waals surface area contributed by atoms with Gasteiger partial charge in [-0.1, -0.05) is 44.5 Å². The number of hydrogen-bond donors (Lipinski definition) is 1. The Morgan fingerprint density at radius 3 is 2.25 bits per heavy atom. The maximum absolute atomic E-state index is 3.30. The Bertz CT molecular complexity index is 289. The van der Waals surface area contributed by atoms with E-state index in [4.69, 9.17) is 0 Å². The van der Waals surface area contributed by atoms with Gasteiger partial charge in [-0.15, -0.1) is 0 Å². The van der Waals surface area contributed by atoms with Gasteiger partial charge >= 0.3 is 0 Å². The monoisotopic (exact) mass is 219 g/mol. The summed E-state index contributed by atoms with van der Waals surface area (Å²) in [6.07, 6.45) is 3.62. The zero-order valence-electron chi connectivity index (χ0n) is 11.1. The van der Waals surface area contributed by atoms with E-state index in [1.54, 1.807) is 0 Å². The Morgan fingerprint density at radius 2 is 1.75 bits per heavy atom. The summed E-state index contributed by atoms with van der Waals surface area (Å²) >= 11 is 0. The van der Waals surface area contributed by atoms with Crippen LogP contribution in [0.25, 0.3) is 0 Å². The summed E-state index contributed by atoms with van der Waals surface area (Å²) < 4.78 is 0. The van der Waals surface area contributed by atoms with Crippen LogP contribution in [0.2, 0.25) is 0 Å². The van der Waals surface area contributed by atoms with E-state index >= 15 is 0 Å². The highest BCUT2D eigenvalue weighted by Gasteiger charge is 2.08. The first kappa shape index (κ1) is 13.2. The van der Waals surface area contributed by atoms with Crippen LogP contribution in [0.4, 0.5) is 0 Å². The summed E-state index contributed by atoms with van der Waals surface area (Å²) in [7, 11) is 2.03. The molecule has 16 heavy (non-hydrogen) atoms. The van der Waals surface area contributed by atoms with Crippen molar-refractivity contribution in [2.24, 2.45) is 0 Å². The largest absolute Gasteiger partial charge is 0.317 e. The van der Waals surface area contributed by atoms with Crippen LogP contribution in [-0.2, 0) is 6.42 Å². The van der Waals surface area contributed by atoms with Gasteiger partial charge in [0.1, 0.15) is 0 Å². The van der Waals surface area contributed by atoms with Crippen LogP contribution < -0.4 is 5.32 Å². The van der Waals surface area contributed by atoms with Crippen LogP contribution >= 0.6 is 0 Å². The molecule has 0 fully saturated rings. The maximum atomic E-state index is 3.30. The van der Waals surface area contributed by atoms with E-state index in [1.807, 2.05) is 7.05 Å². The minimum Gasteiger partial charge on any atom is -0.317 e. The molecule has 0 spiro atoms. The molecule has 0 amide bonds. The number of nitrogens with one attached hydrogen (secondary N) is 1. The Kier molecular flexibility index (Phi) is 5.54. The third kappa shape index (κ3) is 3.97. The predicted octanol–water partition coefficient (Wildman–Crippen LogP) is 3.74. The second kappa shape index (κ2) is 6.70. The summed E-state index contributed by atoms with van der Waals surface area (Å²) in [4.78, 5) is 0. The van der Waals surface area contributed by atoms with E-state index < -0.39 is 0 Å². The van der Waals surface area contributed by atoms with Gasteiger partial charge < -0.3 is 5.32 Å². The second-order valence-electron chi connectivity index (χ2n) is 4.82. The molecular weight excluding hydrogens is 194 g/mol. The molecule has 1 heteroatoms. The van der Waals surface area contributed by atoms with E-state index in [-0.39, 0.29) is 0 Å². The van der Waals surface area contributed by atoms with Crippen LogP contribution in [0.3, 0.4) is 0 Å². The third-order valence-electron chi connectivity index (χ3n) is 3.29. The summed E-state index contributed by atoms with van der Waals surface area (Å²) in [5.74, 6) is 0.637. The highest BCUT2D eigenvalue weighted by atomic mass is 14.8. The van der Waals surface area contributed by atoms with Crippen LogP contribution in [0.15, 0.2) is 24.3 Å². The quantitative estimate of drug-likeness (QED) is 0.768. The van der Waals surface area contributed by atoms with Crippen molar-refractivity contribution in [1.29, 1.82) is 0 Å². The van der Waals surface area contributed by atoms with E-state index in [2.05, 4.69) is 50.4 Å². The van der Waals surface area contributed by atoms with Crippen molar-refractivity contribution in [1.82, 2.24) is 5.32 Å². The minimum atomic E-state index is 0.588. The van der Waals surface area contributed by atoms with Gasteiger partial charge in [0.2, 0.25) is 0 Å². The molecule has 2 unspecified atom stereocenters. The van der Waals surface area contributed by atoms with Gasteiger partial charge in [0, 0.05) is 6.04 Å². The van der Waals surface area contributed by atoms with E-state index in [1.165, 1.54) is 30.4 Å². The lowest BCUT2D eigenvalue weighted by molar-refractivity contribution is 0.516. The van der Waals surface area contributed by atoms with Crippen LogP contribution in [0.5, 0.6) is 0 Å². The lowest BCUT2D eigenvalue weighted by atomic mass is 9.93. The topological polar surface area (TPSA) is 12.0 Å². The fourth-order valence-corrected chi connectivity index (χ4v) is 2.09. The molecule has 1 aromatic rings.